The first-order chi connectivity index (χ1) is 14.8. The number of benzene rings is 2. The number of hydrogen-bond donors (Lipinski definition) is 3. The van der Waals surface area contributed by atoms with Gasteiger partial charge in [0, 0.05) is 18.7 Å². The van der Waals surface area contributed by atoms with Crippen molar-refractivity contribution in [3.05, 3.63) is 76.2 Å². The highest BCUT2D eigenvalue weighted by Crippen LogP contribution is 2.24. The van der Waals surface area contributed by atoms with Crippen LogP contribution in [0.2, 0.25) is 0 Å². The standard InChI is InChI=1S/C21H20FN3O4S2/c1-14-8-9-15(24-20(26)10-11-23-21(27)18-7-4-12-30-18)13-19(14)31(28,29)25-17-6-3-2-5-16(17)22/h2-9,12-13,25H,10-11H2,1H3,(H,23,27)(H,24,26). The van der Waals surface area contributed by atoms with E-state index in [1.54, 1.807) is 36.6 Å². The van der Waals surface area contributed by atoms with Crippen LogP contribution in [-0.2, 0) is 14.8 Å². The number of nitrogens with one attached hydrogen (secondary N) is 3. The Morgan fingerprint density at radius 1 is 1.06 bits per heavy atom. The van der Waals surface area contributed by atoms with Crippen LogP contribution in [0.1, 0.15) is 21.7 Å². The maximum absolute atomic E-state index is 13.8. The molecule has 3 N–H and O–H groups in total. The molecule has 0 saturated heterocycles. The van der Waals surface area contributed by atoms with Gasteiger partial charge in [0.25, 0.3) is 15.9 Å². The molecule has 0 bridgehead atoms. The molecular formula is C21H20FN3O4S2. The number of carbonyl (C=O) groups is 2. The molecule has 1 heterocycles. The van der Waals surface area contributed by atoms with Crippen molar-refractivity contribution in [2.45, 2.75) is 18.2 Å². The number of sulfonamides is 1. The number of carbonyl (C=O) groups excluding carboxylic acids is 2. The average molecular weight is 462 g/mol. The minimum absolute atomic E-state index is 0.0144. The summed E-state index contributed by atoms with van der Waals surface area (Å²) in [4.78, 5) is 24.5. The summed E-state index contributed by atoms with van der Waals surface area (Å²) >= 11 is 1.30. The summed E-state index contributed by atoms with van der Waals surface area (Å²) in [6.45, 7) is 1.73. The molecular weight excluding hydrogens is 441 g/mol. The first-order valence-electron chi connectivity index (χ1n) is 9.26. The fraction of sp³-hybridized carbons (Fsp3) is 0.143. The predicted octanol–water partition coefficient (Wildman–Crippen LogP) is 3.76. The third-order valence-corrected chi connectivity index (χ3v) is 6.64. The Morgan fingerprint density at radius 2 is 1.84 bits per heavy atom. The Morgan fingerprint density at radius 3 is 2.55 bits per heavy atom. The van der Waals surface area contributed by atoms with E-state index in [0.717, 1.165) is 6.07 Å². The van der Waals surface area contributed by atoms with Crippen LogP contribution >= 0.6 is 11.3 Å². The third-order valence-electron chi connectivity index (χ3n) is 4.26. The van der Waals surface area contributed by atoms with Gasteiger partial charge in [0.05, 0.1) is 15.5 Å². The molecule has 2 amide bonds. The van der Waals surface area contributed by atoms with Gasteiger partial charge >= 0.3 is 0 Å². The molecule has 0 saturated carbocycles. The van der Waals surface area contributed by atoms with Gasteiger partial charge in [0.15, 0.2) is 0 Å². The lowest BCUT2D eigenvalue weighted by atomic mass is 10.2. The van der Waals surface area contributed by atoms with Crippen LogP contribution in [0.5, 0.6) is 0 Å². The molecule has 1 aromatic heterocycles. The van der Waals surface area contributed by atoms with Crippen LogP contribution < -0.4 is 15.4 Å². The van der Waals surface area contributed by atoms with Gasteiger partial charge in [-0.15, -0.1) is 11.3 Å². The molecule has 0 spiro atoms. The number of para-hydroxylation sites is 1. The highest BCUT2D eigenvalue weighted by Gasteiger charge is 2.19. The molecule has 0 aliphatic heterocycles. The molecule has 0 aliphatic carbocycles. The van der Waals surface area contributed by atoms with Crippen LogP contribution in [0, 0.1) is 12.7 Å². The number of aryl methyl sites for hydroxylation is 1. The molecule has 0 atom stereocenters. The van der Waals surface area contributed by atoms with Gasteiger partial charge in [0.1, 0.15) is 5.82 Å². The van der Waals surface area contributed by atoms with E-state index in [1.165, 1.54) is 35.6 Å². The molecule has 0 fully saturated rings. The normalized spacial score (nSPS) is 11.0. The molecule has 7 nitrogen and oxygen atoms in total. The van der Waals surface area contributed by atoms with Crippen molar-refractivity contribution in [2.75, 3.05) is 16.6 Å². The van der Waals surface area contributed by atoms with Gasteiger partial charge in [-0.1, -0.05) is 24.3 Å². The lowest BCUT2D eigenvalue weighted by Crippen LogP contribution is -2.27. The van der Waals surface area contributed by atoms with E-state index in [0.29, 0.717) is 10.4 Å². The quantitative estimate of drug-likeness (QED) is 0.475. The van der Waals surface area contributed by atoms with Crippen LogP contribution in [-0.4, -0.2) is 26.8 Å². The number of amides is 2. The molecule has 0 aliphatic rings. The summed E-state index contributed by atoms with van der Waals surface area (Å²) in [6, 6.07) is 13.3. The molecule has 162 valence electrons. The fourth-order valence-corrected chi connectivity index (χ4v) is 4.70. The molecule has 3 aromatic rings. The smallest absolute Gasteiger partial charge is 0.262 e. The van der Waals surface area contributed by atoms with Gasteiger partial charge in [-0.2, -0.15) is 0 Å². The molecule has 31 heavy (non-hydrogen) atoms. The largest absolute Gasteiger partial charge is 0.351 e. The summed E-state index contributed by atoms with van der Waals surface area (Å²) in [7, 11) is -4.08. The first-order valence-corrected chi connectivity index (χ1v) is 11.6. The highest BCUT2D eigenvalue weighted by molar-refractivity contribution is 7.92. The van der Waals surface area contributed by atoms with Gasteiger partial charge < -0.3 is 10.6 Å². The number of thiophene rings is 1. The van der Waals surface area contributed by atoms with Crippen LogP contribution in [0.3, 0.4) is 0 Å². The van der Waals surface area contributed by atoms with Crippen molar-refractivity contribution < 1.29 is 22.4 Å². The van der Waals surface area contributed by atoms with Crippen molar-refractivity contribution in [1.29, 1.82) is 0 Å². The van der Waals surface area contributed by atoms with Crippen LogP contribution in [0.25, 0.3) is 0 Å². The average Bonchev–Trinajstić information content (AvgIpc) is 3.26. The van der Waals surface area contributed by atoms with Crippen molar-refractivity contribution in [2.24, 2.45) is 0 Å². The maximum atomic E-state index is 13.8. The molecule has 3 rings (SSSR count). The van der Waals surface area contributed by atoms with E-state index < -0.39 is 15.8 Å². The van der Waals surface area contributed by atoms with E-state index in [1.807, 2.05) is 0 Å². The van der Waals surface area contributed by atoms with Crippen molar-refractivity contribution >= 4 is 44.5 Å². The SMILES string of the molecule is Cc1ccc(NC(=O)CCNC(=O)c2cccs2)cc1S(=O)(=O)Nc1ccccc1F. The second-order valence-electron chi connectivity index (χ2n) is 6.60. The monoisotopic (exact) mass is 461 g/mol. The zero-order valence-corrected chi connectivity index (χ0v) is 18.1. The number of anilines is 2. The van der Waals surface area contributed by atoms with E-state index in [9.17, 15) is 22.4 Å². The topological polar surface area (TPSA) is 104 Å². The number of hydrogen-bond acceptors (Lipinski definition) is 5. The summed E-state index contributed by atoms with van der Waals surface area (Å²) in [5.41, 5.74) is 0.539. The highest BCUT2D eigenvalue weighted by atomic mass is 32.2. The summed E-state index contributed by atoms with van der Waals surface area (Å²) in [5, 5.41) is 7.04. The van der Waals surface area contributed by atoms with Crippen LogP contribution in [0.4, 0.5) is 15.8 Å². The zero-order chi connectivity index (χ0) is 22.4. The second-order valence-corrected chi connectivity index (χ2v) is 9.20. The zero-order valence-electron chi connectivity index (χ0n) is 16.5. The molecule has 2 aromatic carbocycles. The van der Waals surface area contributed by atoms with Crippen molar-refractivity contribution in [3.63, 3.8) is 0 Å². The van der Waals surface area contributed by atoms with Crippen molar-refractivity contribution in [1.82, 2.24) is 5.32 Å². The second kappa shape index (κ2) is 9.71. The Balaban J connectivity index is 1.64. The van der Waals surface area contributed by atoms with E-state index in [-0.39, 0.29) is 41.1 Å². The predicted molar refractivity (Wildman–Crippen MR) is 118 cm³/mol. The molecule has 0 unspecified atom stereocenters. The van der Waals surface area contributed by atoms with Crippen molar-refractivity contribution in [3.8, 4) is 0 Å². The van der Waals surface area contributed by atoms with E-state index in [4.69, 9.17) is 0 Å². The number of rotatable bonds is 8. The fourth-order valence-electron chi connectivity index (χ4n) is 2.72. The lowest BCUT2D eigenvalue weighted by Gasteiger charge is -2.13. The first kappa shape index (κ1) is 22.4. The van der Waals surface area contributed by atoms with Crippen LogP contribution in [0.15, 0.2) is 64.9 Å². The number of halogens is 1. The summed E-state index contributed by atoms with van der Waals surface area (Å²) in [6.07, 6.45) is 0.0144. The van der Waals surface area contributed by atoms with E-state index >= 15 is 0 Å². The lowest BCUT2D eigenvalue weighted by molar-refractivity contribution is -0.116. The third kappa shape index (κ3) is 5.89. The van der Waals surface area contributed by atoms with Gasteiger partial charge in [0.2, 0.25) is 5.91 Å². The van der Waals surface area contributed by atoms with E-state index in [2.05, 4.69) is 15.4 Å². The minimum Gasteiger partial charge on any atom is -0.351 e. The molecule has 10 heteroatoms. The molecule has 0 radical (unpaired) electrons. The Kier molecular flexibility index (Phi) is 7.03. The summed E-state index contributed by atoms with van der Waals surface area (Å²) in [5.74, 6) is -1.34. The van der Waals surface area contributed by atoms with Gasteiger partial charge in [-0.25, -0.2) is 12.8 Å². The Bertz CT molecular complexity index is 1200. The Labute approximate surface area is 183 Å². The van der Waals surface area contributed by atoms with Gasteiger partial charge in [-0.05, 0) is 48.2 Å². The minimum atomic E-state index is -4.08. The maximum Gasteiger partial charge on any atom is 0.262 e. The summed E-state index contributed by atoms with van der Waals surface area (Å²) < 4.78 is 41.5. The Hall–Kier alpha value is -3.24. The van der Waals surface area contributed by atoms with Gasteiger partial charge in [-0.3, -0.25) is 14.3 Å².